The molecule has 33 heavy (non-hydrogen) atoms. The summed E-state index contributed by atoms with van der Waals surface area (Å²) in [5.41, 5.74) is 3.01. The van der Waals surface area contributed by atoms with Gasteiger partial charge in [-0.3, -0.25) is 9.80 Å². The molecule has 2 amide bonds. The van der Waals surface area contributed by atoms with E-state index in [-0.39, 0.29) is 12.1 Å². The molecule has 1 saturated heterocycles. The van der Waals surface area contributed by atoms with Gasteiger partial charge in [-0.05, 0) is 48.5 Å². The van der Waals surface area contributed by atoms with Crippen LogP contribution in [0.4, 0.5) is 4.79 Å². The zero-order chi connectivity index (χ0) is 23.6. The molecule has 7 heteroatoms. The van der Waals surface area contributed by atoms with E-state index >= 15 is 0 Å². The number of nitriles is 1. The van der Waals surface area contributed by atoms with Crippen LogP contribution in [-0.4, -0.2) is 73.7 Å². The molecule has 2 aromatic rings. The van der Waals surface area contributed by atoms with E-state index in [0.717, 1.165) is 44.0 Å². The number of amides is 2. The number of benzene rings is 2. The Morgan fingerprint density at radius 2 is 1.82 bits per heavy atom. The van der Waals surface area contributed by atoms with Crippen molar-refractivity contribution in [3.8, 4) is 11.8 Å². The molecule has 0 bridgehead atoms. The molecule has 0 unspecified atom stereocenters. The number of carbonyl (C=O) groups excluding carboxylic acids is 1. The van der Waals surface area contributed by atoms with Gasteiger partial charge in [0.15, 0.2) is 0 Å². The van der Waals surface area contributed by atoms with Gasteiger partial charge in [0.2, 0.25) is 0 Å². The van der Waals surface area contributed by atoms with Crippen LogP contribution in [0.5, 0.6) is 5.75 Å². The van der Waals surface area contributed by atoms with Crippen LogP contribution in [0.15, 0.2) is 48.5 Å². The minimum Gasteiger partial charge on any atom is -0.497 e. The summed E-state index contributed by atoms with van der Waals surface area (Å²) in [5.74, 6) is 0.828. The fourth-order valence-electron chi connectivity index (χ4n) is 4.32. The van der Waals surface area contributed by atoms with Crippen LogP contribution in [-0.2, 0) is 6.54 Å². The summed E-state index contributed by atoms with van der Waals surface area (Å²) in [7, 11) is 1.67. The van der Waals surface area contributed by atoms with Gasteiger partial charge in [-0.2, -0.15) is 5.26 Å². The number of methoxy groups -OCH3 is 1. The molecule has 0 radical (unpaired) electrons. The number of nitrogens with zero attached hydrogens (tertiary/aromatic N) is 4. The molecule has 0 aromatic heterocycles. The van der Waals surface area contributed by atoms with Gasteiger partial charge in [0.1, 0.15) is 5.75 Å². The number of ether oxygens (including phenoxy) is 1. The Balaban J connectivity index is 1.53. The zero-order valence-electron chi connectivity index (χ0n) is 20.0. The van der Waals surface area contributed by atoms with E-state index in [4.69, 9.17) is 10.00 Å². The number of carbonyl (C=O) groups is 1. The number of hydrogen-bond donors (Lipinski definition) is 1. The van der Waals surface area contributed by atoms with Crippen molar-refractivity contribution in [2.75, 3.05) is 52.9 Å². The lowest BCUT2D eigenvalue weighted by Crippen LogP contribution is -2.52. The molecule has 0 aliphatic carbocycles. The SMILES string of the molecule is CCN(CC)[C@@H](CNC(=O)N1CCN(Cc2ccc(C#N)cc2)CC1)c1cccc(OC)c1. The average molecular weight is 450 g/mol. The van der Waals surface area contributed by atoms with Crippen molar-refractivity contribution < 1.29 is 9.53 Å². The monoisotopic (exact) mass is 449 g/mol. The molecule has 0 spiro atoms. The van der Waals surface area contributed by atoms with Crippen LogP contribution < -0.4 is 10.1 Å². The van der Waals surface area contributed by atoms with Crippen molar-refractivity contribution in [3.63, 3.8) is 0 Å². The van der Waals surface area contributed by atoms with Crippen molar-refractivity contribution in [2.45, 2.75) is 26.4 Å². The van der Waals surface area contributed by atoms with Crippen molar-refractivity contribution in [2.24, 2.45) is 0 Å². The number of nitrogens with one attached hydrogen (secondary N) is 1. The Morgan fingerprint density at radius 1 is 1.12 bits per heavy atom. The quantitative estimate of drug-likeness (QED) is 0.635. The third-order valence-corrected chi connectivity index (χ3v) is 6.33. The fourth-order valence-corrected chi connectivity index (χ4v) is 4.32. The molecule has 0 saturated carbocycles. The van der Waals surface area contributed by atoms with Gasteiger partial charge in [0.25, 0.3) is 0 Å². The maximum atomic E-state index is 12.9. The average Bonchev–Trinajstić information content (AvgIpc) is 2.87. The highest BCUT2D eigenvalue weighted by Crippen LogP contribution is 2.24. The topological polar surface area (TPSA) is 71.8 Å². The van der Waals surface area contributed by atoms with Crippen LogP contribution in [0.3, 0.4) is 0 Å². The van der Waals surface area contributed by atoms with Gasteiger partial charge in [-0.1, -0.05) is 38.1 Å². The van der Waals surface area contributed by atoms with Gasteiger partial charge in [-0.25, -0.2) is 4.79 Å². The minimum atomic E-state index is -0.00641. The Labute approximate surface area is 197 Å². The maximum absolute atomic E-state index is 12.9. The molecule has 1 fully saturated rings. The van der Waals surface area contributed by atoms with Gasteiger partial charge < -0.3 is 15.0 Å². The first-order chi connectivity index (χ1) is 16.1. The van der Waals surface area contributed by atoms with E-state index in [1.54, 1.807) is 7.11 Å². The third kappa shape index (κ3) is 6.70. The van der Waals surface area contributed by atoms with Crippen LogP contribution in [0, 0.1) is 11.3 Å². The van der Waals surface area contributed by atoms with Gasteiger partial charge in [0, 0.05) is 39.3 Å². The number of piperazine rings is 1. The second-order valence-electron chi connectivity index (χ2n) is 8.27. The molecule has 1 aliphatic heterocycles. The summed E-state index contributed by atoms with van der Waals surface area (Å²) in [4.78, 5) is 19.5. The molecule has 3 rings (SSSR count). The fraction of sp³-hybridized carbons (Fsp3) is 0.462. The Bertz CT molecular complexity index is 928. The summed E-state index contributed by atoms with van der Waals surface area (Å²) in [6, 6.07) is 18.0. The predicted octanol–water partition coefficient (Wildman–Crippen LogP) is 3.48. The number of hydrogen-bond acceptors (Lipinski definition) is 5. The van der Waals surface area contributed by atoms with Crippen molar-refractivity contribution >= 4 is 6.03 Å². The molecule has 1 heterocycles. The molecule has 176 valence electrons. The summed E-state index contributed by atoms with van der Waals surface area (Å²) < 4.78 is 5.40. The zero-order valence-corrected chi connectivity index (χ0v) is 20.0. The lowest BCUT2D eigenvalue weighted by Gasteiger charge is -2.36. The van der Waals surface area contributed by atoms with E-state index < -0.39 is 0 Å². The number of likely N-dealkylation sites (N-methyl/N-ethyl adjacent to an activating group) is 1. The molecular formula is C26H35N5O2. The number of rotatable bonds is 9. The minimum absolute atomic E-state index is 0.00641. The maximum Gasteiger partial charge on any atom is 0.317 e. The van der Waals surface area contributed by atoms with Crippen LogP contribution in [0.25, 0.3) is 0 Å². The van der Waals surface area contributed by atoms with Crippen LogP contribution in [0.1, 0.15) is 36.6 Å². The summed E-state index contributed by atoms with van der Waals surface area (Å²) in [6.45, 7) is 10.6. The van der Waals surface area contributed by atoms with E-state index in [9.17, 15) is 4.79 Å². The highest BCUT2D eigenvalue weighted by molar-refractivity contribution is 5.74. The van der Waals surface area contributed by atoms with E-state index in [1.807, 2.05) is 41.3 Å². The summed E-state index contributed by atoms with van der Waals surface area (Å²) in [5, 5.41) is 12.1. The standard InChI is InChI=1S/C26H35N5O2/c1-4-30(5-2)25(23-7-6-8-24(17-23)33-3)19-28-26(32)31-15-13-29(14-16-31)20-22-11-9-21(18-27)10-12-22/h6-12,17,25H,4-5,13-16,19-20H2,1-3H3,(H,28,32)/t25-/m0/s1. The molecule has 1 aliphatic rings. The molecule has 1 atom stereocenters. The Morgan fingerprint density at radius 3 is 2.42 bits per heavy atom. The molecular weight excluding hydrogens is 414 g/mol. The van der Waals surface area contributed by atoms with Crippen LogP contribution >= 0.6 is 0 Å². The molecule has 7 nitrogen and oxygen atoms in total. The Kier molecular flexibility index (Phi) is 9.11. The molecule has 1 N–H and O–H groups in total. The van der Waals surface area contributed by atoms with Gasteiger partial charge in [0.05, 0.1) is 24.8 Å². The second kappa shape index (κ2) is 12.2. The van der Waals surface area contributed by atoms with Crippen molar-refractivity contribution in [3.05, 3.63) is 65.2 Å². The highest BCUT2D eigenvalue weighted by atomic mass is 16.5. The predicted molar refractivity (Wildman–Crippen MR) is 130 cm³/mol. The lowest BCUT2D eigenvalue weighted by atomic mass is 10.0. The smallest absolute Gasteiger partial charge is 0.317 e. The van der Waals surface area contributed by atoms with Gasteiger partial charge in [-0.15, -0.1) is 0 Å². The first kappa shape index (κ1) is 24.6. The molecule has 2 aromatic carbocycles. The third-order valence-electron chi connectivity index (χ3n) is 6.33. The van der Waals surface area contributed by atoms with Crippen LogP contribution in [0.2, 0.25) is 0 Å². The first-order valence-electron chi connectivity index (χ1n) is 11.7. The second-order valence-corrected chi connectivity index (χ2v) is 8.27. The summed E-state index contributed by atoms with van der Waals surface area (Å²) in [6.07, 6.45) is 0. The van der Waals surface area contributed by atoms with E-state index in [0.29, 0.717) is 25.2 Å². The normalized spacial score (nSPS) is 15.2. The number of urea groups is 1. The van der Waals surface area contributed by atoms with Crippen molar-refractivity contribution in [1.29, 1.82) is 5.26 Å². The first-order valence-corrected chi connectivity index (χ1v) is 11.7. The Hall–Kier alpha value is -3.08. The highest BCUT2D eigenvalue weighted by Gasteiger charge is 2.24. The van der Waals surface area contributed by atoms with Crippen molar-refractivity contribution in [1.82, 2.24) is 20.0 Å². The lowest BCUT2D eigenvalue weighted by molar-refractivity contribution is 0.132. The van der Waals surface area contributed by atoms with Gasteiger partial charge >= 0.3 is 6.03 Å². The largest absolute Gasteiger partial charge is 0.497 e. The summed E-state index contributed by atoms with van der Waals surface area (Å²) >= 11 is 0. The van der Waals surface area contributed by atoms with E-state index in [2.05, 4.69) is 47.2 Å². The van der Waals surface area contributed by atoms with E-state index in [1.165, 1.54) is 5.56 Å².